The molecule has 2 aromatic rings. The van der Waals surface area contributed by atoms with Gasteiger partial charge in [-0.25, -0.2) is 0 Å². The second-order valence-corrected chi connectivity index (χ2v) is 6.54. The Kier molecular flexibility index (Phi) is 7.75. The Balaban J connectivity index is 1.83. The van der Waals surface area contributed by atoms with Crippen molar-refractivity contribution in [2.45, 2.75) is 26.7 Å². The predicted octanol–water partition coefficient (Wildman–Crippen LogP) is 3.32. The van der Waals surface area contributed by atoms with Gasteiger partial charge < -0.3 is 15.0 Å². The maximum Gasteiger partial charge on any atom is 0.226 e. The molecule has 0 spiro atoms. The molecule has 0 radical (unpaired) electrons. The minimum atomic E-state index is -0.175. The number of hydrogen-bond acceptors (Lipinski definition) is 4. The first-order valence-electron chi connectivity index (χ1n) is 9.18. The number of carbonyl (C=O) groups excluding carboxylic acids is 3. The summed E-state index contributed by atoms with van der Waals surface area (Å²) in [4.78, 5) is 37.0. The standard InChI is InChI=1S/C22H26N2O4/c1-16(25)19-6-8-20(9-7-19)23-22(27)13-15-24(17(2)26)14-12-18-4-10-21(28-3)11-5-18/h4-11H,12-15H2,1-3H3,(H,23,27). The molecule has 0 aliphatic carbocycles. The molecule has 0 bridgehead atoms. The van der Waals surface area contributed by atoms with Crippen LogP contribution in [0.4, 0.5) is 5.69 Å². The molecule has 28 heavy (non-hydrogen) atoms. The SMILES string of the molecule is COc1ccc(CCN(CCC(=O)Nc2ccc(C(C)=O)cc2)C(C)=O)cc1. The van der Waals surface area contributed by atoms with Gasteiger partial charge in [0.25, 0.3) is 0 Å². The Morgan fingerprint density at radius 2 is 1.57 bits per heavy atom. The lowest BCUT2D eigenvalue weighted by Gasteiger charge is -2.21. The van der Waals surface area contributed by atoms with E-state index in [-0.39, 0.29) is 24.0 Å². The molecule has 0 aliphatic heterocycles. The second kappa shape index (κ2) is 10.3. The number of anilines is 1. The summed E-state index contributed by atoms with van der Waals surface area (Å²) in [6, 6.07) is 14.4. The van der Waals surface area contributed by atoms with Gasteiger partial charge in [-0.15, -0.1) is 0 Å². The van der Waals surface area contributed by atoms with Crippen molar-refractivity contribution < 1.29 is 19.1 Å². The number of Topliss-reactive ketones (excluding diaryl/α,β-unsaturated/α-hetero) is 1. The van der Waals surface area contributed by atoms with E-state index in [4.69, 9.17) is 4.74 Å². The molecule has 2 amide bonds. The molecule has 0 atom stereocenters. The first-order chi connectivity index (χ1) is 13.4. The third kappa shape index (κ3) is 6.54. The lowest BCUT2D eigenvalue weighted by molar-refractivity contribution is -0.129. The molecule has 1 N–H and O–H groups in total. The van der Waals surface area contributed by atoms with Crippen molar-refractivity contribution in [3.63, 3.8) is 0 Å². The van der Waals surface area contributed by atoms with Gasteiger partial charge in [-0.05, 0) is 55.3 Å². The summed E-state index contributed by atoms with van der Waals surface area (Å²) in [6.45, 7) is 3.90. The van der Waals surface area contributed by atoms with E-state index in [1.54, 1.807) is 36.3 Å². The number of rotatable bonds is 9. The van der Waals surface area contributed by atoms with Crippen LogP contribution in [0.2, 0.25) is 0 Å². The largest absolute Gasteiger partial charge is 0.497 e. The number of carbonyl (C=O) groups is 3. The molecule has 6 heteroatoms. The number of ketones is 1. The number of hydrogen-bond donors (Lipinski definition) is 1. The van der Waals surface area contributed by atoms with Crippen molar-refractivity contribution in [1.29, 1.82) is 0 Å². The maximum atomic E-state index is 12.2. The van der Waals surface area contributed by atoms with E-state index in [0.717, 1.165) is 11.3 Å². The number of amides is 2. The Morgan fingerprint density at radius 1 is 0.929 bits per heavy atom. The van der Waals surface area contributed by atoms with Gasteiger partial charge in [0.15, 0.2) is 5.78 Å². The molecule has 0 heterocycles. The molecule has 6 nitrogen and oxygen atoms in total. The van der Waals surface area contributed by atoms with Gasteiger partial charge in [-0.1, -0.05) is 12.1 Å². The van der Waals surface area contributed by atoms with Crippen molar-refractivity contribution >= 4 is 23.3 Å². The monoisotopic (exact) mass is 382 g/mol. The summed E-state index contributed by atoms with van der Waals surface area (Å²) in [5.74, 6) is 0.533. The van der Waals surface area contributed by atoms with E-state index >= 15 is 0 Å². The summed E-state index contributed by atoms with van der Waals surface area (Å²) in [7, 11) is 1.62. The third-order valence-electron chi connectivity index (χ3n) is 4.46. The summed E-state index contributed by atoms with van der Waals surface area (Å²) in [5.41, 5.74) is 2.32. The fraction of sp³-hybridized carbons (Fsp3) is 0.318. The zero-order chi connectivity index (χ0) is 20.5. The quantitative estimate of drug-likeness (QED) is 0.675. The molecule has 148 valence electrons. The van der Waals surface area contributed by atoms with Crippen molar-refractivity contribution in [3.05, 3.63) is 59.7 Å². The molecule has 2 aromatic carbocycles. The lowest BCUT2D eigenvalue weighted by atomic mass is 10.1. The number of ether oxygens (including phenoxy) is 1. The van der Waals surface area contributed by atoms with E-state index in [9.17, 15) is 14.4 Å². The smallest absolute Gasteiger partial charge is 0.226 e. The zero-order valence-electron chi connectivity index (χ0n) is 16.5. The van der Waals surface area contributed by atoms with Gasteiger partial charge in [-0.3, -0.25) is 14.4 Å². The lowest BCUT2D eigenvalue weighted by Crippen LogP contribution is -2.33. The van der Waals surface area contributed by atoms with Crippen LogP contribution in [0.5, 0.6) is 5.75 Å². The highest BCUT2D eigenvalue weighted by atomic mass is 16.5. The van der Waals surface area contributed by atoms with Crippen LogP contribution >= 0.6 is 0 Å². The highest BCUT2D eigenvalue weighted by molar-refractivity contribution is 5.95. The molecule has 0 saturated carbocycles. The van der Waals surface area contributed by atoms with Crippen LogP contribution in [0.3, 0.4) is 0 Å². The van der Waals surface area contributed by atoms with Crippen LogP contribution in [0.1, 0.15) is 36.2 Å². The van der Waals surface area contributed by atoms with Gasteiger partial charge in [0.05, 0.1) is 7.11 Å². The van der Waals surface area contributed by atoms with E-state index in [1.807, 2.05) is 24.3 Å². The normalized spacial score (nSPS) is 10.2. The van der Waals surface area contributed by atoms with Gasteiger partial charge in [0.1, 0.15) is 5.75 Å². The van der Waals surface area contributed by atoms with E-state index in [1.165, 1.54) is 13.8 Å². The van der Waals surface area contributed by atoms with Gasteiger partial charge in [0, 0.05) is 37.7 Å². The Morgan fingerprint density at radius 3 is 2.11 bits per heavy atom. The highest BCUT2D eigenvalue weighted by Crippen LogP contribution is 2.13. The maximum absolute atomic E-state index is 12.2. The average molecular weight is 382 g/mol. The Bertz CT molecular complexity index is 813. The molecular formula is C22H26N2O4. The molecule has 2 rings (SSSR count). The van der Waals surface area contributed by atoms with E-state index in [0.29, 0.717) is 30.8 Å². The van der Waals surface area contributed by atoms with Crippen molar-refractivity contribution in [3.8, 4) is 5.75 Å². The van der Waals surface area contributed by atoms with E-state index < -0.39 is 0 Å². The highest BCUT2D eigenvalue weighted by Gasteiger charge is 2.12. The topological polar surface area (TPSA) is 75.7 Å². The number of nitrogens with zero attached hydrogens (tertiary/aromatic N) is 1. The van der Waals surface area contributed by atoms with Crippen molar-refractivity contribution in [1.82, 2.24) is 4.90 Å². The number of nitrogens with one attached hydrogen (secondary N) is 1. The molecule has 0 aromatic heterocycles. The zero-order valence-corrected chi connectivity index (χ0v) is 16.5. The number of benzene rings is 2. The molecule has 0 fully saturated rings. The van der Waals surface area contributed by atoms with Gasteiger partial charge in [0.2, 0.25) is 11.8 Å². The van der Waals surface area contributed by atoms with Crippen LogP contribution in [0.15, 0.2) is 48.5 Å². The fourth-order valence-electron chi connectivity index (χ4n) is 2.73. The van der Waals surface area contributed by atoms with Crippen LogP contribution in [-0.4, -0.2) is 42.7 Å². The summed E-state index contributed by atoms with van der Waals surface area (Å²) in [6.07, 6.45) is 0.911. The van der Waals surface area contributed by atoms with Crippen LogP contribution in [0, 0.1) is 0 Å². The Labute approximate surface area is 165 Å². The van der Waals surface area contributed by atoms with E-state index in [2.05, 4.69) is 5.32 Å². The summed E-state index contributed by atoms with van der Waals surface area (Å²) >= 11 is 0. The van der Waals surface area contributed by atoms with Gasteiger partial charge >= 0.3 is 0 Å². The first-order valence-corrected chi connectivity index (χ1v) is 9.18. The summed E-state index contributed by atoms with van der Waals surface area (Å²) < 4.78 is 5.14. The van der Waals surface area contributed by atoms with Crippen LogP contribution in [-0.2, 0) is 16.0 Å². The molecular weight excluding hydrogens is 356 g/mol. The minimum Gasteiger partial charge on any atom is -0.497 e. The molecule has 0 aliphatic rings. The van der Waals surface area contributed by atoms with Crippen LogP contribution < -0.4 is 10.1 Å². The van der Waals surface area contributed by atoms with Crippen molar-refractivity contribution in [2.24, 2.45) is 0 Å². The van der Waals surface area contributed by atoms with Crippen LogP contribution in [0.25, 0.3) is 0 Å². The fourth-order valence-corrected chi connectivity index (χ4v) is 2.73. The molecule has 0 saturated heterocycles. The minimum absolute atomic E-state index is 0.0214. The van der Waals surface area contributed by atoms with Crippen molar-refractivity contribution in [2.75, 3.05) is 25.5 Å². The summed E-state index contributed by atoms with van der Waals surface area (Å²) in [5, 5.41) is 2.79. The predicted molar refractivity (Wildman–Crippen MR) is 109 cm³/mol. The van der Waals surface area contributed by atoms with Gasteiger partial charge in [-0.2, -0.15) is 0 Å². The molecule has 0 unspecified atom stereocenters. The first kappa shape index (κ1) is 21.2. The average Bonchev–Trinajstić information content (AvgIpc) is 2.68. The third-order valence-corrected chi connectivity index (χ3v) is 4.46. The Hall–Kier alpha value is -3.15. The second-order valence-electron chi connectivity index (χ2n) is 6.54. The number of methoxy groups -OCH3 is 1.